The molecule has 0 radical (unpaired) electrons. The predicted octanol–water partition coefficient (Wildman–Crippen LogP) is 2.99. The normalized spacial score (nSPS) is 11.5. The Kier molecular flexibility index (Phi) is 2.98. The van der Waals surface area contributed by atoms with Crippen LogP contribution in [0, 0.1) is 0 Å². The van der Waals surface area contributed by atoms with E-state index < -0.39 is 0 Å². The summed E-state index contributed by atoms with van der Waals surface area (Å²) in [6.07, 6.45) is 0. The molecule has 0 amide bonds. The molecule has 0 spiro atoms. The van der Waals surface area contributed by atoms with Crippen molar-refractivity contribution in [2.75, 3.05) is 5.32 Å². The molecule has 0 aromatic carbocycles. The van der Waals surface area contributed by atoms with Gasteiger partial charge in [-0.15, -0.1) is 10.2 Å². The van der Waals surface area contributed by atoms with Crippen LogP contribution in [0.5, 0.6) is 0 Å². The van der Waals surface area contributed by atoms with Crippen molar-refractivity contribution in [2.24, 2.45) is 0 Å². The minimum absolute atomic E-state index is 0.0734. The Bertz CT molecular complexity index is 307. The second-order valence-corrected chi connectivity index (χ2v) is 4.49. The molecule has 0 saturated heterocycles. The minimum atomic E-state index is -0.0734. The molecule has 0 aliphatic rings. The maximum atomic E-state index is 5.81. The van der Waals surface area contributed by atoms with E-state index in [1.54, 1.807) is 6.07 Å². The number of nitrogens with zero attached hydrogens (tertiary/aromatic N) is 2. The molecular weight excluding hydrogens is 209 g/mol. The molecule has 0 fully saturated rings. The molecule has 1 aromatic rings. The van der Waals surface area contributed by atoms with Crippen molar-refractivity contribution in [3.05, 3.63) is 16.4 Å². The van der Waals surface area contributed by atoms with Crippen LogP contribution in [0.25, 0.3) is 0 Å². The summed E-state index contributed by atoms with van der Waals surface area (Å²) in [6.45, 7) is 6.08. The Balaban J connectivity index is 2.94. The number of anilines is 1. The van der Waals surface area contributed by atoms with Gasteiger partial charge in [0.25, 0.3) is 0 Å². The van der Waals surface area contributed by atoms with E-state index in [0.29, 0.717) is 16.0 Å². The maximum Gasteiger partial charge on any atom is 0.174 e. The van der Waals surface area contributed by atoms with Gasteiger partial charge in [0.05, 0.1) is 5.69 Å². The molecule has 72 valence electrons. The van der Waals surface area contributed by atoms with Crippen molar-refractivity contribution in [3.8, 4) is 0 Å². The molecule has 1 N–H and O–H groups in total. The summed E-state index contributed by atoms with van der Waals surface area (Å²) in [4.78, 5) is 0. The Hall–Kier alpha value is -0.540. The van der Waals surface area contributed by atoms with Crippen molar-refractivity contribution in [1.29, 1.82) is 0 Å². The summed E-state index contributed by atoms with van der Waals surface area (Å²) in [6, 6.07) is 1.65. The fourth-order valence-corrected chi connectivity index (χ4v) is 1.13. The topological polar surface area (TPSA) is 37.8 Å². The van der Waals surface area contributed by atoms with Gasteiger partial charge < -0.3 is 5.32 Å². The number of halogens is 2. The highest BCUT2D eigenvalue weighted by Crippen LogP contribution is 2.23. The zero-order valence-corrected chi connectivity index (χ0v) is 9.24. The molecule has 0 saturated carbocycles. The van der Waals surface area contributed by atoms with E-state index in [0.717, 1.165) is 0 Å². The zero-order chi connectivity index (χ0) is 10.1. The molecule has 0 unspecified atom stereocenters. The van der Waals surface area contributed by atoms with Crippen molar-refractivity contribution < 1.29 is 0 Å². The van der Waals surface area contributed by atoms with E-state index in [-0.39, 0.29) is 5.54 Å². The molecular formula is C8H11Cl2N3. The SMILES string of the molecule is CC(C)(C)Nc1cc(Cl)nnc1Cl. The number of rotatable bonds is 1. The van der Waals surface area contributed by atoms with Crippen molar-refractivity contribution in [2.45, 2.75) is 26.3 Å². The predicted molar refractivity (Wildman–Crippen MR) is 55.4 cm³/mol. The molecule has 13 heavy (non-hydrogen) atoms. The molecule has 1 heterocycles. The monoisotopic (exact) mass is 219 g/mol. The van der Waals surface area contributed by atoms with Gasteiger partial charge in [0.15, 0.2) is 10.3 Å². The van der Waals surface area contributed by atoms with Gasteiger partial charge in [-0.1, -0.05) is 23.2 Å². The average Bonchev–Trinajstić information content (AvgIpc) is 1.94. The van der Waals surface area contributed by atoms with E-state index >= 15 is 0 Å². The van der Waals surface area contributed by atoms with Gasteiger partial charge in [-0.3, -0.25) is 0 Å². The summed E-state index contributed by atoms with van der Waals surface area (Å²) in [5.74, 6) is 0. The molecule has 5 heteroatoms. The van der Waals surface area contributed by atoms with Crippen LogP contribution < -0.4 is 5.32 Å². The van der Waals surface area contributed by atoms with Gasteiger partial charge in [-0.05, 0) is 20.8 Å². The van der Waals surface area contributed by atoms with Gasteiger partial charge in [0, 0.05) is 11.6 Å². The number of hydrogen-bond donors (Lipinski definition) is 1. The Labute approximate surface area is 87.5 Å². The molecule has 0 bridgehead atoms. The Morgan fingerprint density at radius 2 is 1.85 bits per heavy atom. The van der Waals surface area contributed by atoms with Crippen molar-refractivity contribution in [3.63, 3.8) is 0 Å². The third kappa shape index (κ3) is 3.36. The van der Waals surface area contributed by atoms with Gasteiger partial charge in [0.2, 0.25) is 0 Å². The summed E-state index contributed by atoms with van der Waals surface area (Å²) in [5.41, 5.74) is 0.630. The Morgan fingerprint density at radius 1 is 1.23 bits per heavy atom. The van der Waals surface area contributed by atoms with Gasteiger partial charge >= 0.3 is 0 Å². The molecule has 1 rings (SSSR count). The third-order valence-electron chi connectivity index (χ3n) is 1.23. The summed E-state index contributed by atoms with van der Waals surface area (Å²) in [5, 5.41) is 11.1. The smallest absolute Gasteiger partial charge is 0.174 e. The lowest BCUT2D eigenvalue weighted by atomic mass is 10.1. The fourth-order valence-electron chi connectivity index (χ4n) is 0.845. The van der Waals surface area contributed by atoms with Gasteiger partial charge in [-0.2, -0.15) is 0 Å². The van der Waals surface area contributed by atoms with E-state index in [4.69, 9.17) is 23.2 Å². The largest absolute Gasteiger partial charge is 0.378 e. The standard InChI is InChI=1S/C8H11Cl2N3/c1-8(2,3)11-5-4-6(9)12-13-7(5)10/h4H,1-3H3,(H,11,12). The number of nitrogens with one attached hydrogen (secondary N) is 1. The van der Waals surface area contributed by atoms with Crippen LogP contribution in [0.1, 0.15) is 20.8 Å². The fraction of sp³-hybridized carbons (Fsp3) is 0.500. The molecule has 0 atom stereocenters. The first-order chi connectivity index (χ1) is 5.88. The van der Waals surface area contributed by atoms with Crippen LogP contribution in [0.4, 0.5) is 5.69 Å². The average molecular weight is 220 g/mol. The first-order valence-electron chi connectivity index (χ1n) is 3.85. The van der Waals surface area contributed by atoms with Crippen LogP contribution in [0.2, 0.25) is 10.3 Å². The minimum Gasteiger partial charge on any atom is -0.378 e. The summed E-state index contributed by atoms with van der Waals surface area (Å²) < 4.78 is 0. The molecule has 3 nitrogen and oxygen atoms in total. The van der Waals surface area contributed by atoms with Crippen molar-refractivity contribution in [1.82, 2.24) is 10.2 Å². The maximum absolute atomic E-state index is 5.81. The van der Waals surface area contributed by atoms with E-state index in [9.17, 15) is 0 Å². The molecule has 0 aliphatic heterocycles. The summed E-state index contributed by atoms with van der Waals surface area (Å²) >= 11 is 11.5. The van der Waals surface area contributed by atoms with Gasteiger partial charge in [0.1, 0.15) is 0 Å². The van der Waals surface area contributed by atoms with Crippen LogP contribution >= 0.6 is 23.2 Å². The number of aromatic nitrogens is 2. The van der Waals surface area contributed by atoms with E-state index in [2.05, 4.69) is 15.5 Å². The quantitative estimate of drug-likeness (QED) is 0.790. The molecule has 0 aliphatic carbocycles. The zero-order valence-electron chi connectivity index (χ0n) is 7.73. The number of hydrogen-bond acceptors (Lipinski definition) is 3. The lowest BCUT2D eigenvalue weighted by Crippen LogP contribution is -2.26. The lowest BCUT2D eigenvalue weighted by molar-refractivity contribution is 0.633. The van der Waals surface area contributed by atoms with Crippen LogP contribution in [0.15, 0.2) is 6.07 Å². The van der Waals surface area contributed by atoms with Crippen LogP contribution in [0.3, 0.4) is 0 Å². The summed E-state index contributed by atoms with van der Waals surface area (Å²) in [7, 11) is 0. The highest BCUT2D eigenvalue weighted by Gasteiger charge is 2.12. The lowest BCUT2D eigenvalue weighted by Gasteiger charge is -2.22. The Morgan fingerprint density at radius 3 is 2.38 bits per heavy atom. The first-order valence-corrected chi connectivity index (χ1v) is 4.61. The highest BCUT2D eigenvalue weighted by molar-refractivity contribution is 6.33. The van der Waals surface area contributed by atoms with Crippen LogP contribution in [-0.2, 0) is 0 Å². The van der Waals surface area contributed by atoms with E-state index in [1.165, 1.54) is 0 Å². The first kappa shape index (κ1) is 10.5. The van der Waals surface area contributed by atoms with E-state index in [1.807, 2.05) is 20.8 Å². The van der Waals surface area contributed by atoms with Crippen LogP contribution in [-0.4, -0.2) is 15.7 Å². The van der Waals surface area contributed by atoms with Gasteiger partial charge in [-0.25, -0.2) is 0 Å². The highest BCUT2D eigenvalue weighted by atomic mass is 35.5. The second-order valence-electron chi connectivity index (χ2n) is 3.75. The molecule has 1 aromatic heterocycles. The third-order valence-corrected chi connectivity index (χ3v) is 1.69. The second kappa shape index (κ2) is 3.68. The van der Waals surface area contributed by atoms with Crippen molar-refractivity contribution >= 4 is 28.9 Å².